The number of aromatic nitrogens is 4. The zero-order valence-electron chi connectivity index (χ0n) is 40.5. The normalized spacial score (nSPS) is 14.4. The van der Waals surface area contributed by atoms with Crippen LogP contribution in [0.15, 0.2) is 200 Å². The lowest BCUT2D eigenvalue weighted by atomic mass is 9.79. The molecule has 0 amide bonds. The molecule has 1 saturated heterocycles. The fraction of sp³-hybridized carbons (Fsp3) is 0.0968. The molecule has 1 aliphatic heterocycles. The van der Waals surface area contributed by atoms with Crippen molar-refractivity contribution in [3.8, 4) is 45.3 Å². The predicted octanol–water partition coefficient (Wildman–Crippen LogP) is 16.2. The smallest absolute Gasteiger partial charge is 0.456 e. The third-order valence-electron chi connectivity index (χ3n) is 14.5. The van der Waals surface area contributed by atoms with Crippen molar-refractivity contribution < 1.29 is 27.0 Å². The third kappa shape index (κ3) is 7.10. The molecule has 0 atom stereocenters. The van der Waals surface area contributed by atoms with Crippen LogP contribution in [0, 0.1) is 0 Å². The zero-order valence-corrected chi connectivity index (χ0v) is 41.3. The first-order chi connectivity index (χ1) is 36.0. The van der Waals surface area contributed by atoms with Crippen molar-refractivity contribution in [2.24, 2.45) is 0 Å². The zero-order chi connectivity index (χ0) is 49.9. The Kier molecular flexibility index (Phi) is 9.97. The molecule has 356 valence electrons. The largest absolute Gasteiger partial charge is 0.494 e. The van der Waals surface area contributed by atoms with Gasteiger partial charge in [0.2, 0.25) is 0 Å². The lowest BCUT2D eigenvalue weighted by molar-refractivity contribution is 0.00578. The molecule has 1 aliphatic rings. The molecular formula is C62H42BClN4O6. The highest BCUT2D eigenvalue weighted by molar-refractivity contribution is 6.62. The molecule has 7 heterocycles. The lowest BCUT2D eigenvalue weighted by Crippen LogP contribution is -2.41. The van der Waals surface area contributed by atoms with Crippen molar-refractivity contribution in [1.82, 2.24) is 19.9 Å². The summed E-state index contributed by atoms with van der Waals surface area (Å²) in [5.41, 5.74) is 12.9. The molecule has 14 aromatic rings. The van der Waals surface area contributed by atoms with Crippen molar-refractivity contribution in [1.29, 1.82) is 0 Å². The quantitative estimate of drug-likeness (QED) is 0.154. The van der Waals surface area contributed by atoms with E-state index in [0.29, 0.717) is 27.8 Å². The Morgan fingerprint density at radius 3 is 1.35 bits per heavy atom. The van der Waals surface area contributed by atoms with Crippen LogP contribution in [0.2, 0.25) is 5.02 Å². The van der Waals surface area contributed by atoms with Gasteiger partial charge in [-0.15, -0.1) is 0 Å². The molecule has 12 heteroatoms. The summed E-state index contributed by atoms with van der Waals surface area (Å²) < 4.78 is 37.6. The SMILES string of the molecule is CC1(C)OB(c2ccc3c(c2)oc2cccc(-c4nc(-c5ccccc5)c5oc6ccccc6c5n4)c23)OC1(C)C.Clc1ccc2c(c1)oc1cccc(-c3nc(-c4ccccc4)c4oc5ccccc5c4n3)c12. The summed E-state index contributed by atoms with van der Waals surface area (Å²) in [7, 11) is -0.467. The van der Waals surface area contributed by atoms with E-state index in [1.54, 1.807) is 0 Å². The Hall–Kier alpha value is -8.61. The molecule has 74 heavy (non-hydrogen) atoms. The first kappa shape index (κ1) is 44.1. The van der Waals surface area contributed by atoms with Gasteiger partial charge in [0.05, 0.1) is 11.2 Å². The molecule has 0 bridgehead atoms. The number of halogens is 1. The van der Waals surface area contributed by atoms with Crippen molar-refractivity contribution in [2.45, 2.75) is 38.9 Å². The molecule has 0 radical (unpaired) electrons. The van der Waals surface area contributed by atoms with Gasteiger partial charge in [0, 0.05) is 65.7 Å². The van der Waals surface area contributed by atoms with Gasteiger partial charge in [0.25, 0.3) is 0 Å². The van der Waals surface area contributed by atoms with E-state index in [-0.39, 0.29) is 0 Å². The van der Waals surface area contributed by atoms with Gasteiger partial charge in [-0.3, -0.25) is 0 Å². The van der Waals surface area contributed by atoms with E-state index in [1.807, 2.05) is 164 Å². The highest BCUT2D eigenvalue weighted by Gasteiger charge is 2.51. The third-order valence-corrected chi connectivity index (χ3v) is 14.8. The van der Waals surface area contributed by atoms with Crippen molar-refractivity contribution in [3.63, 3.8) is 0 Å². The fourth-order valence-corrected chi connectivity index (χ4v) is 10.3. The van der Waals surface area contributed by atoms with Crippen molar-refractivity contribution in [2.75, 3.05) is 0 Å². The van der Waals surface area contributed by atoms with Crippen LogP contribution in [0.4, 0.5) is 0 Å². The number of furan rings is 4. The van der Waals surface area contributed by atoms with Gasteiger partial charge in [0.15, 0.2) is 22.8 Å². The molecule has 8 aromatic carbocycles. The lowest BCUT2D eigenvalue weighted by Gasteiger charge is -2.32. The van der Waals surface area contributed by atoms with Crippen LogP contribution in [0.1, 0.15) is 27.7 Å². The van der Waals surface area contributed by atoms with Crippen molar-refractivity contribution in [3.05, 3.63) is 187 Å². The molecule has 10 nitrogen and oxygen atoms in total. The number of para-hydroxylation sites is 2. The van der Waals surface area contributed by atoms with Crippen molar-refractivity contribution >= 4 is 112 Å². The molecule has 0 spiro atoms. The van der Waals surface area contributed by atoms with Gasteiger partial charge in [-0.1, -0.05) is 133 Å². The van der Waals surface area contributed by atoms with E-state index >= 15 is 0 Å². The van der Waals surface area contributed by atoms with E-state index in [4.69, 9.17) is 58.5 Å². The van der Waals surface area contributed by atoms with Gasteiger partial charge in [0.1, 0.15) is 55.9 Å². The second-order valence-corrected chi connectivity index (χ2v) is 20.1. The average Bonchev–Trinajstić information content (AvgIpc) is 4.25. The van der Waals surface area contributed by atoms with Gasteiger partial charge < -0.3 is 27.0 Å². The predicted molar refractivity (Wildman–Crippen MR) is 296 cm³/mol. The minimum Gasteiger partial charge on any atom is -0.456 e. The first-order valence-corrected chi connectivity index (χ1v) is 24.8. The number of hydrogen-bond donors (Lipinski definition) is 0. The van der Waals surface area contributed by atoms with Crippen LogP contribution in [0.3, 0.4) is 0 Å². The van der Waals surface area contributed by atoms with E-state index in [0.717, 1.165) is 116 Å². The Morgan fingerprint density at radius 2 is 0.838 bits per heavy atom. The Balaban J connectivity index is 0.000000140. The highest BCUT2D eigenvalue weighted by atomic mass is 35.5. The minimum absolute atomic E-state index is 0.419. The molecule has 0 unspecified atom stereocenters. The summed E-state index contributed by atoms with van der Waals surface area (Å²) in [5, 5.41) is 6.45. The minimum atomic E-state index is -0.467. The monoisotopic (exact) mass is 984 g/mol. The summed E-state index contributed by atoms with van der Waals surface area (Å²) in [6.07, 6.45) is 0. The summed E-state index contributed by atoms with van der Waals surface area (Å²) >= 11 is 6.20. The second kappa shape index (κ2) is 16.7. The maximum Gasteiger partial charge on any atom is 0.494 e. The van der Waals surface area contributed by atoms with E-state index in [9.17, 15) is 0 Å². The van der Waals surface area contributed by atoms with Crippen LogP contribution in [-0.2, 0) is 9.31 Å². The van der Waals surface area contributed by atoms with E-state index in [1.165, 1.54) is 0 Å². The molecule has 15 rings (SSSR count). The van der Waals surface area contributed by atoms with Crippen LogP contribution < -0.4 is 5.46 Å². The number of fused-ring (bicyclic) bond motifs is 12. The summed E-state index contributed by atoms with van der Waals surface area (Å²) in [6, 6.07) is 59.9. The molecule has 6 aromatic heterocycles. The summed E-state index contributed by atoms with van der Waals surface area (Å²) in [5.74, 6) is 1.24. The second-order valence-electron chi connectivity index (χ2n) is 19.6. The highest BCUT2D eigenvalue weighted by Crippen LogP contribution is 2.43. The fourth-order valence-electron chi connectivity index (χ4n) is 10.1. The maximum atomic E-state index is 6.39. The van der Waals surface area contributed by atoms with E-state index < -0.39 is 18.3 Å². The Labute approximate surface area is 428 Å². The molecular weight excluding hydrogens is 943 g/mol. The summed E-state index contributed by atoms with van der Waals surface area (Å²) in [4.78, 5) is 20.2. The maximum absolute atomic E-state index is 6.39. The van der Waals surface area contributed by atoms with Crippen LogP contribution in [0.5, 0.6) is 0 Å². The number of benzene rings is 8. The van der Waals surface area contributed by atoms with Crippen LogP contribution in [-0.4, -0.2) is 38.3 Å². The Morgan fingerprint density at radius 1 is 0.392 bits per heavy atom. The topological polar surface area (TPSA) is 123 Å². The standard InChI is InChI=1S/C34H27BN2O4.C28H15ClN2O2/c1-33(2)34(3,4)41-35(40-33)21-17-18-22-27(19-21)38-26-16-10-14-24(28(22)26)32-36-29(20-11-6-5-7-12-20)31-30(37-32)23-13-8-9-15-25(23)39-31;29-17-13-14-18-23(15-17)32-22-12-6-10-20(24(18)22)28-30-25(16-7-2-1-3-8-16)27-26(31-28)19-9-4-5-11-21(19)33-27/h5-19H,1-4H3;1-15H. The number of rotatable bonds is 5. The number of nitrogens with zero attached hydrogens (tertiary/aromatic N) is 4. The molecule has 0 saturated carbocycles. The molecule has 0 aliphatic carbocycles. The van der Waals surface area contributed by atoms with Gasteiger partial charge in [-0.05, 0) is 87.8 Å². The molecule has 0 N–H and O–H groups in total. The van der Waals surface area contributed by atoms with Crippen LogP contribution >= 0.6 is 11.6 Å². The van der Waals surface area contributed by atoms with Crippen LogP contribution in [0.25, 0.3) is 133 Å². The number of hydrogen-bond acceptors (Lipinski definition) is 10. The van der Waals surface area contributed by atoms with Gasteiger partial charge in [-0.2, -0.15) is 0 Å². The van der Waals surface area contributed by atoms with Gasteiger partial charge in [-0.25, -0.2) is 19.9 Å². The molecule has 1 fully saturated rings. The Bertz CT molecular complexity index is 4530. The van der Waals surface area contributed by atoms with Gasteiger partial charge >= 0.3 is 7.12 Å². The van der Waals surface area contributed by atoms with E-state index in [2.05, 4.69) is 45.9 Å². The summed E-state index contributed by atoms with van der Waals surface area (Å²) in [6.45, 7) is 8.23. The average molecular weight is 985 g/mol. The first-order valence-electron chi connectivity index (χ1n) is 24.5.